The van der Waals surface area contributed by atoms with Crippen molar-refractivity contribution in [2.24, 2.45) is 0 Å². The van der Waals surface area contributed by atoms with Crippen LogP contribution in [0.2, 0.25) is 0 Å². The summed E-state index contributed by atoms with van der Waals surface area (Å²) >= 11 is 2.70. The molecule has 0 radical (unpaired) electrons. The number of rotatable bonds is 8. The van der Waals surface area contributed by atoms with Gasteiger partial charge < -0.3 is 20.1 Å². The van der Waals surface area contributed by atoms with Crippen molar-refractivity contribution in [1.29, 1.82) is 0 Å². The van der Waals surface area contributed by atoms with Gasteiger partial charge in [0.2, 0.25) is 11.0 Å². The van der Waals surface area contributed by atoms with E-state index in [0.29, 0.717) is 21.0 Å². The fraction of sp³-hybridized carbons (Fsp3) is 0.136. The van der Waals surface area contributed by atoms with E-state index in [1.54, 1.807) is 14.2 Å². The molecule has 158 valence electrons. The summed E-state index contributed by atoms with van der Waals surface area (Å²) in [6.07, 6.45) is 0. The van der Waals surface area contributed by atoms with Crippen LogP contribution in [0, 0.1) is 0 Å². The first-order valence-corrected chi connectivity index (χ1v) is 11.2. The quantitative estimate of drug-likeness (QED) is 0.356. The Labute approximate surface area is 187 Å². The molecule has 2 N–H and O–H groups in total. The molecular weight excluding hydrogens is 432 g/mol. The highest BCUT2D eigenvalue weighted by molar-refractivity contribution is 8.01. The molecule has 4 rings (SSSR count). The molecule has 0 unspecified atom stereocenters. The van der Waals surface area contributed by atoms with Gasteiger partial charge in [-0.3, -0.25) is 4.79 Å². The number of hydrogen-bond acceptors (Lipinski definition) is 8. The van der Waals surface area contributed by atoms with E-state index in [1.807, 2.05) is 60.7 Å². The van der Waals surface area contributed by atoms with E-state index in [2.05, 4.69) is 20.8 Å². The molecule has 1 heterocycles. The largest absolute Gasteiger partial charge is 0.497 e. The van der Waals surface area contributed by atoms with Crippen LogP contribution in [-0.4, -0.2) is 36.1 Å². The predicted molar refractivity (Wildman–Crippen MR) is 126 cm³/mol. The minimum Gasteiger partial charge on any atom is -0.497 e. The van der Waals surface area contributed by atoms with E-state index in [-0.39, 0.29) is 11.7 Å². The molecule has 0 saturated carbocycles. The second-order valence-corrected chi connectivity index (χ2v) is 8.63. The number of amides is 1. The summed E-state index contributed by atoms with van der Waals surface area (Å²) in [5.74, 6) is 1.51. The molecule has 0 saturated heterocycles. The van der Waals surface area contributed by atoms with Gasteiger partial charge in [-0.05, 0) is 23.6 Å². The number of benzene rings is 3. The van der Waals surface area contributed by atoms with Crippen LogP contribution in [0.1, 0.15) is 0 Å². The Bertz CT molecular complexity index is 1210. The van der Waals surface area contributed by atoms with Gasteiger partial charge in [-0.1, -0.05) is 59.5 Å². The van der Waals surface area contributed by atoms with Gasteiger partial charge in [-0.15, -0.1) is 10.2 Å². The molecule has 0 aliphatic heterocycles. The van der Waals surface area contributed by atoms with Crippen LogP contribution in [0.25, 0.3) is 10.8 Å². The van der Waals surface area contributed by atoms with Crippen LogP contribution in [0.5, 0.6) is 11.5 Å². The van der Waals surface area contributed by atoms with Crippen LogP contribution in [-0.2, 0) is 4.79 Å². The Morgan fingerprint density at radius 2 is 1.84 bits per heavy atom. The van der Waals surface area contributed by atoms with Crippen molar-refractivity contribution in [3.05, 3.63) is 60.7 Å². The molecule has 0 aliphatic rings. The normalized spacial score (nSPS) is 10.6. The smallest absolute Gasteiger partial charge is 0.234 e. The maximum absolute atomic E-state index is 12.5. The third-order valence-corrected chi connectivity index (χ3v) is 6.42. The van der Waals surface area contributed by atoms with Crippen molar-refractivity contribution in [1.82, 2.24) is 10.2 Å². The number of ether oxygens (including phenoxy) is 2. The molecule has 0 bridgehead atoms. The molecule has 31 heavy (non-hydrogen) atoms. The van der Waals surface area contributed by atoms with Crippen molar-refractivity contribution in [2.75, 3.05) is 30.6 Å². The Kier molecular flexibility index (Phi) is 6.54. The first-order valence-electron chi connectivity index (χ1n) is 9.39. The highest BCUT2D eigenvalue weighted by Gasteiger charge is 2.12. The predicted octanol–water partition coefficient (Wildman–Crippen LogP) is 5.18. The van der Waals surface area contributed by atoms with Crippen molar-refractivity contribution >= 4 is 56.3 Å². The number of nitrogens with zero attached hydrogens (tertiary/aromatic N) is 2. The Balaban J connectivity index is 1.38. The average molecular weight is 453 g/mol. The molecule has 4 aromatic rings. The average Bonchev–Trinajstić information content (AvgIpc) is 3.25. The first kappa shape index (κ1) is 21.0. The zero-order valence-electron chi connectivity index (χ0n) is 16.9. The van der Waals surface area contributed by atoms with E-state index >= 15 is 0 Å². The lowest BCUT2D eigenvalue weighted by molar-refractivity contribution is -0.113. The summed E-state index contributed by atoms with van der Waals surface area (Å²) in [5.41, 5.74) is 1.52. The lowest BCUT2D eigenvalue weighted by Gasteiger charge is -2.10. The number of thioether (sulfide) groups is 1. The number of methoxy groups -OCH3 is 2. The standard InChI is InChI=1S/C22H20N4O3S2/c1-28-15-10-11-19(29-2)18(12-15)24-21-25-26-22(31-21)30-13-20(27)23-17-9-5-7-14-6-3-4-8-16(14)17/h3-12H,13H2,1-2H3,(H,23,27)(H,24,25). The van der Waals surface area contributed by atoms with Gasteiger partial charge in [0.1, 0.15) is 11.5 Å². The van der Waals surface area contributed by atoms with E-state index in [9.17, 15) is 4.79 Å². The number of hydrogen-bond donors (Lipinski definition) is 2. The summed E-state index contributed by atoms with van der Waals surface area (Å²) in [6.45, 7) is 0. The zero-order chi connectivity index (χ0) is 21.6. The van der Waals surface area contributed by atoms with Crippen LogP contribution in [0.15, 0.2) is 65.0 Å². The number of fused-ring (bicyclic) bond motifs is 1. The molecular formula is C22H20N4O3S2. The van der Waals surface area contributed by atoms with Crippen LogP contribution >= 0.6 is 23.1 Å². The fourth-order valence-electron chi connectivity index (χ4n) is 2.99. The van der Waals surface area contributed by atoms with Crippen molar-refractivity contribution < 1.29 is 14.3 Å². The zero-order valence-corrected chi connectivity index (χ0v) is 18.5. The Morgan fingerprint density at radius 1 is 1.00 bits per heavy atom. The van der Waals surface area contributed by atoms with Gasteiger partial charge in [0.15, 0.2) is 4.34 Å². The molecule has 9 heteroatoms. The number of carbonyl (C=O) groups excluding carboxylic acids is 1. The topological polar surface area (TPSA) is 85.4 Å². The molecule has 1 amide bonds. The summed E-state index contributed by atoms with van der Waals surface area (Å²) in [7, 11) is 3.21. The van der Waals surface area contributed by atoms with E-state index in [0.717, 1.165) is 22.1 Å². The minimum atomic E-state index is -0.0967. The third-order valence-electron chi connectivity index (χ3n) is 4.45. The van der Waals surface area contributed by atoms with Crippen molar-refractivity contribution in [2.45, 2.75) is 4.34 Å². The minimum absolute atomic E-state index is 0.0967. The van der Waals surface area contributed by atoms with Crippen LogP contribution < -0.4 is 20.1 Å². The molecule has 3 aromatic carbocycles. The Hall–Kier alpha value is -3.30. The van der Waals surface area contributed by atoms with Gasteiger partial charge in [0.25, 0.3) is 0 Å². The SMILES string of the molecule is COc1ccc(OC)c(Nc2nnc(SCC(=O)Nc3cccc4ccccc34)s2)c1. The molecule has 0 spiro atoms. The van der Waals surface area contributed by atoms with Gasteiger partial charge in [0.05, 0.1) is 25.7 Å². The molecule has 0 aliphatic carbocycles. The number of nitrogens with one attached hydrogen (secondary N) is 2. The highest BCUT2D eigenvalue weighted by Crippen LogP contribution is 2.34. The third kappa shape index (κ3) is 5.07. The lowest BCUT2D eigenvalue weighted by atomic mass is 10.1. The van der Waals surface area contributed by atoms with Crippen LogP contribution in [0.3, 0.4) is 0 Å². The maximum Gasteiger partial charge on any atom is 0.234 e. The maximum atomic E-state index is 12.5. The van der Waals surface area contributed by atoms with Crippen LogP contribution in [0.4, 0.5) is 16.5 Å². The first-order chi connectivity index (χ1) is 15.2. The monoisotopic (exact) mass is 452 g/mol. The molecule has 7 nitrogen and oxygen atoms in total. The van der Waals surface area contributed by atoms with Gasteiger partial charge in [-0.25, -0.2) is 0 Å². The highest BCUT2D eigenvalue weighted by atomic mass is 32.2. The second kappa shape index (κ2) is 9.67. The van der Waals surface area contributed by atoms with Crippen molar-refractivity contribution in [3.63, 3.8) is 0 Å². The summed E-state index contributed by atoms with van der Waals surface area (Å²) < 4.78 is 11.3. The molecule has 0 atom stereocenters. The van der Waals surface area contributed by atoms with E-state index in [4.69, 9.17) is 9.47 Å². The summed E-state index contributed by atoms with van der Waals surface area (Å²) in [6, 6.07) is 19.3. The van der Waals surface area contributed by atoms with E-state index in [1.165, 1.54) is 23.1 Å². The fourth-order valence-corrected chi connectivity index (χ4v) is 4.56. The summed E-state index contributed by atoms with van der Waals surface area (Å²) in [5, 5.41) is 17.2. The van der Waals surface area contributed by atoms with Gasteiger partial charge >= 0.3 is 0 Å². The second-order valence-electron chi connectivity index (χ2n) is 6.43. The number of anilines is 3. The summed E-state index contributed by atoms with van der Waals surface area (Å²) in [4.78, 5) is 12.5. The van der Waals surface area contributed by atoms with Crippen molar-refractivity contribution in [3.8, 4) is 11.5 Å². The Morgan fingerprint density at radius 3 is 2.68 bits per heavy atom. The molecule has 1 aromatic heterocycles. The van der Waals surface area contributed by atoms with Gasteiger partial charge in [0, 0.05) is 17.1 Å². The van der Waals surface area contributed by atoms with Gasteiger partial charge in [-0.2, -0.15) is 0 Å². The lowest BCUT2D eigenvalue weighted by Crippen LogP contribution is -2.14. The number of aromatic nitrogens is 2. The number of carbonyl (C=O) groups is 1. The molecule has 0 fully saturated rings. The van der Waals surface area contributed by atoms with E-state index < -0.39 is 0 Å².